The van der Waals surface area contributed by atoms with Crippen LogP contribution in [0.5, 0.6) is 0 Å². The Morgan fingerprint density at radius 3 is 2.52 bits per heavy atom. The van der Waals surface area contributed by atoms with Crippen LogP contribution in [-0.2, 0) is 9.59 Å². The molecule has 23 heavy (non-hydrogen) atoms. The highest BCUT2D eigenvalue weighted by Gasteiger charge is 2.44. The van der Waals surface area contributed by atoms with Crippen molar-refractivity contribution >= 4 is 27.7 Å². The number of halogens is 1. The minimum Gasteiger partial charge on any atom is -0.368 e. The van der Waals surface area contributed by atoms with E-state index in [0.717, 1.165) is 16.5 Å². The summed E-state index contributed by atoms with van der Waals surface area (Å²) in [6.45, 7) is 0. The zero-order valence-electron chi connectivity index (χ0n) is 12.4. The molecule has 3 N–H and O–H groups in total. The predicted octanol–water partition coefficient (Wildman–Crippen LogP) is 2.90. The van der Waals surface area contributed by atoms with E-state index in [1.54, 1.807) is 12.1 Å². The lowest BCUT2D eigenvalue weighted by atomic mass is 10.1. The largest absolute Gasteiger partial charge is 0.368 e. The molecule has 5 heteroatoms. The van der Waals surface area contributed by atoms with Crippen LogP contribution < -0.4 is 11.1 Å². The van der Waals surface area contributed by atoms with Gasteiger partial charge in [0.15, 0.2) is 0 Å². The van der Waals surface area contributed by atoms with Gasteiger partial charge in [-0.05, 0) is 35.6 Å². The molecule has 1 fully saturated rings. The van der Waals surface area contributed by atoms with E-state index in [9.17, 15) is 9.59 Å². The van der Waals surface area contributed by atoms with E-state index in [0.29, 0.717) is 5.56 Å². The first-order valence-corrected chi connectivity index (χ1v) is 8.25. The average molecular weight is 373 g/mol. The Morgan fingerprint density at radius 2 is 1.87 bits per heavy atom. The van der Waals surface area contributed by atoms with E-state index < -0.39 is 11.9 Å². The van der Waals surface area contributed by atoms with Crippen LogP contribution in [0, 0.1) is 5.92 Å². The van der Waals surface area contributed by atoms with Crippen LogP contribution in [0.2, 0.25) is 0 Å². The summed E-state index contributed by atoms with van der Waals surface area (Å²) in [7, 11) is 0. The van der Waals surface area contributed by atoms with Crippen molar-refractivity contribution in [3.8, 4) is 0 Å². The van der Waals surface area contributed by atoms with Crippen molar-refractivity contribution in [2.24, 2.45) is 11.7 Å². The van der Waals surface area contributed by atoms with Crippen molar-refractivity contribution in [1.29, 1.82) is 0 Å². The molecule has 2 amide bonds. The van der Waals surface area contributed by atoms with Gasteiger partial charge in [0, 0.05) is 10.4 Å². The Bertz CT molecular complexity index is 733. The number of hydrogen-bond acceptors (Lipinski definition) is 2. The van der Waals surface area contributed by atoms with Crippen molar-refractivity contribution in [3.05, 3.63) is 70.2 Å². The van der Waals surface area contributed by atoms with Gasteiger partial charge >= 0.3 is 0 Å². The number of rotatable bonds is 5. The zero-order valence-corrected chi connectivity index (χ0v) is 14.0. The second kappa shape index (κ2) is 6.54. The topological polar surface area (TPSA) is 72.2 Å². The van der Waals surface area contributed by atoms with Crippen LogP contribution >= 0.6 is 15.9 Å². The van der Waals surface area contributed by atoms with Gasteiger partial charge in [-0.3, -0.25) is 9.59 Å². The summed E-state index contributed by atoms with van der Waals surface area (Å²) in [5.74, 6) is -0.571. The number of primary amides is 1. The molecule has 0 saturated heterocycles. The second-order valence-corrected chi connectivity index (χ2v) is 6.67. The molecule has 0 heterocycles. The molecule has 2 aromatic rings. The third-order valence-electron chi connectivity index (χ3n) is 4.11. The first-order chi connectivity index (χ1) is 11.1. The first kappa shape index (κ1) is 15.7. The molecule has 0 radical (unpaired) electrons. The van der Waals surface area contributed by atoms with E-state index >= 15 is 0 Å². The van der Waals surface area contributed by atoms with Gasteiger partial charge in [0.2, 0.25) is 11.8 Å². The van der Waals surface area contributed by atoms with Gasteiger partial charge in [-0.1, -0.05) is 58.4 Å². The van der Waals surface area contributed by atoms with E-state index in [1.165, 1.54) is 0 Å². The highest BCUT2D eigenvalue weighted by molar-refractivity contribution is 9.10. The lowest BCUT2D eigenvalue weighted by Gasteiger charge is -2.16. The fourth-order valence-corrected chi connectivity index (χ4v) is 3.22. The maximum absolute atomic E-state index is 12.4. The Morgan fingerprint density at radius 1 is 1.13 bits per heavy atom. The quantitative estimate of drug-likeness (QED) is 0.846. The number of hydrogen-bond donors (Lipinski definition) is 2. The van der Waals surface area contributed by atoms with Crippen LogP contribution in [0.15, 0.2) is 59.1 Å². The van der Waals surface area contributed by atoms with E-state index in [2.05, 4.69) is 21.2 Å². The average Bonchev–Trinajstić information content (AvgIpc) is 3.33. The smallest absolute Gasteiger partial charge is 0.244 e. The summed E-state index contributed by atoms with van der Waals surface area (Å²) in [6, 6.07) is 16.2. The van der Waals surface area contributed by atoms with Gasteiger partial charge < -0.3 is 11.1 Å². The number of amides is 2. The van der Waals surface area contributed by atoms with Crippen LogP contribution in [0.4, 0.5) is 0 Å². The standard InChI is InChI=1S/C18H17BrN2O2/c19-13-8-4-7-12(9-13)14-10-15(14)18(23)21-16(17(20)22)11-5-2-1-3-6-11/h1-9,14-16H,10H2,(H2,20,22)(H,21,23)/t14-,15+,16-/m0/s1. The number of carbonyl (C=O) groups is 2. The van der Waals surface area contributed by atoms with Crippen LogP contribution in [0.1, 0.15) is 29.5 Å². The normalized spacial score (nSPS) is 20.6. The third kappa shape index (κ3) is 3.62. The lowest BCUT2D eigenvalue weighted by Crippen LogP contribution is -2.38. The molecule has 4 nitrogen and oxygen atoms in total. The summed E-state index contributed by atoms with van der Waals surface area (Å²) in [4.78, 5) is 24.1. The highest BCUT2D eigenvalue weighted by atomic mass is 79.9. The van der Waals surface area contributed by atoms with Gasteiger partial charge in [-0.2, -0.15) is 0 Å². The Labute approximate surface area is 143 Å². The van der Waals surface area contributed by atoms with Crippen LogP contribution in [0.25, 0.3) is 0 Å². The minimum atomic E-state index is -0.785. The SMILES string of the molecule is NC(=O)[C@@H](NC(=O)[C@@H]1C[C@H]1c1cccc(Br)c1)c1ccccc1. The molecule has 0 spiro atoms. The molecule has 2 aromatic carbocycles. The summed E-state index contributed by atoms with van der Waals surface area (Å²) < 4.78 is 1.00. The van der Waals surface area contributed by atoms with E-state index in [4.69, 9.17) is 5.73 Å². The molecule has 3 rings (SSSR count). The van der Waals surface area contributed by atoms with E-state index in [1.807, 2.05) is 42.5 Å². The first-order valence-electron chi connectivity index (χ1n) is 7.46. The van der Waals surface area contributed by atoms with E-state index in [-0.39, 0.29) is 17.7 Å². The molecule has 1 aliphatic carbocycles. The summed E-state index contributed by atoms with van der Waals surface area (Å²) in [5, 5.41) is 2.78. The zero-order chi connectivity index (χ0) is 16.4. The van der Waals surface area contributed by atoms with Gasteiger partial charge in [0.25, 0.3) is 0 Å². The fourth-order valence-electron chi connectivity index (χ4n) is 2.80. The van der Waals surface area contributed by atoms with Crippen molar-refractivity contribution in [3.63, 3.8) is 0 Å². The van der Waals surface area contributed by atoms with Crippen molar-refractivity contribution < 1.29 is 9.59 Å². The molecule has 1 saturated carbocycles. The molecule has 118 valence electrons. The molecule has 1 aliphatic rings. The number of benzene rings is 2. The summed E-state index contributed by atoms with van der Waals surface area (Å²) in [5.41, 5.74) is 7.28. The van der Waals surface area contributed by atoms with Crippen LogP contribution in [-0.4, -0.2) is 11.8 Å². The van der Waals surface area contributed by atoms with Gasteiger partial charge in [0.05, 0.1) is 0 Å². The van der Waals surface area contributed by atoms with Crippen molar-refractivity contribution in [2.45, 2.75) is 18.4 Å². The van der Waals surface area contributed by atoms with Crippen molar-refractivity contribution in [2.75, 3.05) is 0 Å². The molecular formula is C18H17BrN2O2. The van der Waals surface area contributed by atoms with Crippen LogP contribution in [0.3, 0.4) is 0 Å². The van der Waals surface area contributed by atoms with Gasteiger partial charge in [-0.15, -0.1) is 0 Å². The fraction of sp³-hybridized carbons (Fsp3) is 0.222. The maximum Gasteiger partial charge on any atom is 0.244 e. The molecule has 0 bridgehead atoms. The Balaban J connectivity index is 1.68. The van der Waals surface area contributed by atoms with Gasteiger partial charge in [0.1, 0.15) is 6.04 Å². The molecular weight excluding hydrogens is 356 g/mol. The molecule has 3 atom stereocenters. The van der Waals surface area contributed by atoms with Crippen molar-refractivity contribution in [1.82, 2.24) is 5.32 Å². The second-order valence-electron chi connectivity index (χ2n) is 5.76. The maximum atomic E-state index is 12.4. The number of nitrogens with two attached hydrogens (primary N) is 1. The van der Waals surface area contributed by atoms with Gasteiger partial charge in [-0.25, -0.2) is 0 Å². The highest BCUT2D eigenvalue weighted by Crippen LogP contribution is 2.48. The third-order valence-corrected chi connectivity index (χ3v) is 4.60. The molecule has 0 aliphatic heterocycles. The summed E-state index contributed by atoms with van der Waals surface area (Å²) >= 11 is 3.44. The Hall–Kier alpha value is -2.14. The summed E-state index contributed by atoms with van der Waals surface area (Å²) in [6.07, 6.45) is 0.794. The Kier molecular flexibility index (Phi) is 4.48. The monoisotopic (exact) mass is 372 g/mol. The minimum absolute atomic E-state index is 0.102. The molecule has 0 unspecified atom stereocenters. The lowest BCUT2D eigenvalue weighted by molar-refractivity contribution is -0.128. The predicted molar refractivity (Wildman–Crippen MR) is 91.5 cm³/mol. The number of nitrogens with one attached hydrogen (secondary N) is 1. The number of carbonyl (C=O) groups excluding carboxylic acids is 2. The molecule has 0 aromatic heterocycles.